The number of thiophene rings is 1. The summed E-state index contributed by atoms with van der Waals surface area (Å²) in [6.07, 6.45) is 4.31. The second kappa shape index (κ2) is 4.96. The first-order chi connectivity index (χ1) is 7.28. The Bertz CT molecular complexity index is 433. The van der Waals surface area contributed by atoms with Crippen molar-refractivity contribution in [1.82, 2.24) is 9.88 Å². The Morgan fingerprint density at radius 2 is 2.27 bits per heavy atom. The van der Waals surface area contributed by atoms with E-state index in [1.54, 1.807) is 11.3 Å². The van der Waals surface area contributed by atoms with Gasteiger partial charge in [-0.3, -0.25) is 0 Å². The maximum Gasteiger partial charge on any atom is 0.0702 e. The van der Waals surface area contributed by atoms with Gasteiger partial charge in [-0.1, -0.05) is 0 Å². The van der Waals surface area contributed by atoms with Gasteiger partial charge in [0.15, 0.2) is 0 Å². The van der Waals surface area contributed by atoms with E-state index in [9.17, 15) is 0 Å². The van der Waals surface area contributed by atoms with Crippen molar-refractivity contribution >= 4 is 27.3 Å². The van der Waals surface area contributed by atoms with Gasteiger partial charge >= 0.3 is 0 Å². The minimum atomic E-state index is 0.932. The number of hydrogen-bond acceptors (Lipinski definition) is 2. The molecule has 80 valence electrons. The van der Waals surface area contributed by atoms with Crippen LogP contribution in [-0.4, -0.2) is 11.6 Å². The van der Waals surface area contributed by atoms with Crippen LogP contribution in [0.4, 0.5) is 0 Å². The summed E-state index contributed by atoms with van der Waals surface area (Å²) in [6, 6.07) is 6.41. The van der Waals surface area contributed by atoms with Gasteiger partial charge in [0.25, 0.3) is 0 Å². The minimum absolute atomic E-state index is 0.932. The zero-order valence-corrected chi connectivity index (χ0v) is 10.9. The van der Waals surface area contributed by atoms with Gasteiger partial charge in [0, 0.05) is 23.8 Å². The van der Waals surface area contributed by atoms with Crippen molar-refractivity contribution in [2.24, 2.45) is 0 Å². The summed E-state index contributed by atoms with van der Waals surface area (Å²) in [4.78, 5) is 1.37. The van der Waals surface area contributed by atoms with E-state index in [1.807, 2.05) is 7.05 Å². The van der Waals surface area contributed by atoms with Crippen LogP contribution in [0, 0.1) is 0 Å². The number of hydrogen-bond donors (Lipinski definition) is 1. The van der Waals surface area contributed by atoms with Crippen molar-refractivity contribution in [3.05, 3.63) is 44.8 Å². The van der Waals surface area contributed by atoms with Gasteiger partial charge in [-0.05, 0) is 46.7 Å². The average Bonchev–Trinajstić information content (AvgIpc) is 2.78. The molecule has 0 fully saturated rings. The predicted molar refractivity (Wildman–Crippen MR) is 68.3 cm³/mol. The topological polar surface area (TPSA) is 17.0 Å². The second-order valence-corrected chi connectivity index (χ2v) is 5.98. The van der Waals surface area contributed by atoms with Crippen molar-refractivity contribution in [2.75, 3.05) is 7.05 Å². The third-order valence-electron chi connectivity index (χ3n) is 2.16. The van der Waals surface area contributed by atoms with E-state index in [4.69, 9.17) is 0 Å². The minimum Gasteiger partial charge on any atom is -0.349 e. The molecular weight excluding hydrogens is 272 g/mol. The molecule has 0 bridgehead atoms. The van der Waals surface area contributed by atoms with E-state index >= 15 is 0 Å². The number of nitrogens with zero attached hydrogens (tertiary/aromatic N) is 1. The second-order valence-electron chi connectivity index (χ2n) is 3.43. The first-order valence-electron chi connectivity index (χ1n) is 4.81. The van der Waals surface area contributed by atoms with E-state index in [-0.39, 0.29) is 0 Å². The summed E-state index contributed by atoms with van der Waals surface area (Å²) in [5, 5.41) is 3.15. The summed E-state index contributed by atoms with van der Waals surface area (Å²) < 4.78 is 3.41. The lowest BCUT2D eigenvalue weighted by Gasteiger charge is -1.99. The van der Waals surface area contributed by atoms with Crippen LogP contribution in [0.1, 0.15) is 10.4 Å². The molecule has 2 heterocycles. The van der Waals surface area contributed by atoms with E-state index in [0.717, 1.165) is 13.1 Å². The molecular formula is C11H13BrN2S. The molecule has 2 rings (SSSR count). The van der Waals surface area contributed by atoms with Crippen molar-refractivity contribution in [3.8, 4) is 0 Å². The molecule has 0 aromatic carbocycles. The lowest BCUT2D eigenvalue weighted by molar-refractivity contribution is 0.789. The van der Waals surface area contributed by atoms with E-state index in [1.165, 1.54) is 14.2 Å². The quantitative estimate of drug-likeness (QED) is 0.913. The van der Waals surface area contributed by atoms with Crippen LogP contribution in [0.15, 0.2) is 34.4 Å². The monoisotopic (exact) mass is 284 g/mol. The Labute approximate surface area is 102 Å². The molecule has 4 heteroatoms. The first kappa shape index (κ1) is 10.9. The zero-order chi connectivity index (χ0) is 10.7. The fourth-order valence-corrected chi connectivity index (χ4v) is 3.01. The number of nitrogens with one attached hydrogen (secondary N) is 1. The van der Waals surface area contributed by atoms with Crippen molar-refractivity contribution in [2.45, 2.75) is 13.1 Å². The van der Waals surface area contributed by atoms with Crippen LogP contribution < -0.4 is 5.32 Å². The Morgan fingerprint density at radius 3 is 2.93 bits per heavy atom. The van der Waals surface area contributed by atoms with Gasteiger partial charge in [0.2, 0.25) is 0 Å². The smallest absolute Gasteiger partial charge is 0.0702 e. The molecule has 2 aromatic heterocycles. The maximum atomic E-state index is 3.47. The molecule has 2 aromatic rings. The molecule has 0 unspecified atom stereocenters. The maximum absolute atomic E-state index is 3.47. The van der Waals surface area contributed by atoms with Crippen LogP contribution in [0.25, 0.3) is 0 Å². The number of aromatic nitrogens is 1. The molecule has 1 N–H and O–H groups in total. The molecule has 0 aliphatic carbocycles. The summed E-state index contributed by atoms with van der Waals surface area (Å²) in [6.45, 7) is 1.89. The number of halogens is 1. The largest absolute Gasteiger partial charge is 0.349 e. The summed E-state index contributed by atoms with van der Waals surface area (Å²) in [7, 11) is 1.97. The highest BCUT2D eigenvalue weighted by atomic mass is 79.9. The van der Waals surface area contributed by atoms with Gasteiger partial charge in [0.05, 0.1) is 10.3 Å². The van der Waals surface area contributed by atoms with Crippen LogP contribution >= 0.6 is 27.3 Å². The standard InChI is InChI=1S/C11H13BrN2S/c1-13-6-9-4-5-14(7-9)8-10-2-3-11(12)15-10/h2-5,7,13H,6,8H2,1H3. The molecule has 0 aliphatic heterocycles. The van der Waals surface area contributed by atoms with Crippen molar-refractivity contribution < 1.29 is 0 Å². The molecule has 0 amide bonds. The summed E-state index contributed by atoms with van der Waals surface area (Å²) in [5.41, 5.74) is 1.33. The highest BCUT2D eigenvalue weighted by Gasteiger charge is 2.00. The lowest BCUT2D eigenvalue weighted by atomic mass is 10.3. The van der Waals surface area contributed by atoms with Crippen molar-refractivity contribution in [1.29, 1.82) is 0 Å². The summed E-state index contributed by atoms with van der Waals surface area (Å²) in [5.74, 6) is 0. The zero-order valence-electron chi connectivity index (χ0n) is 8.53. The average molecular weight is 285 g/mol. The van der Waals surface area contributed by atoms with Gasteiger partial charge in [-0.25, -0.2) is 0 Å². The van der Waals surface area contributed by atoms with Crippen LogP contribution in [-0.2, 0) is 13.1 Å². The first-order valence-corrected chi connectivity index (χ1v) is 6.42. The van der Waals surface area contributed by atoms with E-state index < -0.39 is 0 Å². The van der Waals surface area contributed by atoms with Crippen LogP contribution in [0.5, 0.6) is 0 Å². The van der Waals surface area contributed by atoms with Gasteiger partial charge in [0.1, 0.15) is 0 Å². The molecule has 0 spiro atoms. The fourth-order valence-electron chi connectivity index (χ4n) is 1.51. The van der Waals surface area contributed by atoms with Crippen molar-refractivity contribution in [3.63, 3.8) is 0 Å². The number of rotatable bonds is 4. The third kappa shape index (κ3) is 2.93. The Balaban J connectivity index is 2.04. The molecule has 0 saturated carbocycles. The van der Waals surface area contributed by atoms with E-state index in [2.05, 4.69) is 56.4 Å². The summed E-state index contributed by atoms with van der Waals surface area (Å²) >= 11 is 5.26. The Kier molecular flexibility index (Phi) is 3.61. The Hall–Kier alpha value is -0.580. The predicted octanol–water partition coefficient (Wildman–Crippen LogP) is 3.08. The molecule has 0 aliphatic rings. The third-order valence-corrected chi connectivity index (χ3v) is 3.77. The van der Waals surface area contributed by atoms with E-state index in [0.29, 0.717) is 0 Å². The molecule has 0 saturated heterocycles. The van der Waals surface area contributed by atoms with Gasteiger partial charge in [-0.2, -0.15) is 0 Å². The molecule has 0 atom stereocenters. The Morgan fingerprint density at radius 1 is 1.40 bits per heavy atom. The lowest BCUT2D eigenvalue weighted by Crippen LogP contribution is -2.04. The normalized spacial score (nSPS) is 10.8. The molecule has 15 heavy (non-hydrogen) atoms. The highest BCUT2D eigenvalue weighted by molar-refractivity contribution is 9.11. The molecule has 2 nitrogen and oxygen atoms in total. The van der Waals surface area contributed by atoms with Crippen LogP contribution in [0.2, 0.25) is 0 Å². The van der Waals surface area contributed by atoms with Crippen LogP contribution in [0.3, 0.4) is 0 Å². The highest BCUT2D eigenvalue weighted by Crippen LogP contribution is 2.22. The SMILES string of the molecule is CNCc1ccn(Cc2ccc(Br)s2)c1. The van der Waals surface area contributed by atoms with Gasteiger partial charge in [-0.15, -0.1) is 11.3 Å². The fraction of sp³-hybridized carbons (Fsp3) is 0.273. The molecule has 0 radical (unpaired) electrons. The van der Waals surface area contributed by atoms with Gasteiger partial charge < -0.3 is 9.88 Å².